The SMILES string of the molecule is CCCCCCCCCCCCc1ccc(S(=O)(=O)[O-])cc1.Cc1ccc(C[n+]2ccccc2C)cc1. The summed E-state index contributed by atoms with van der Waals surface area (Å²) in [5.41, 5.74) is 5.05. The Bertz CT molecular complexity index is 1120. The first-order valence-corrected chi connectivity index (χ1v) is 15.3. The lowest BCUT2D eigenvalue weighted by molar-refractivity contribution is -0.694. The number of nitrogens with zero attached hydrogens (tertiary/aromatic N) is 1. The maximum atomic E-state index is 10.8. The fourth-order valence-electron chi connectivity index (χ4n) is 4.27. The second-order valence-corrected chi connectivity index (χ2v) is 11.4. The zero-order chi connectivity index (χ0) is 26.9. The summed E-state index contributed by atoms with van der Waals surface area (Å²) in [5, 5.41) is 0. The molecule has 0 fully saturated rings. The van der Waals surface area contributed by atoms with Crippen LogP contribution >= 0.6 is 0 Å². The monoisotopic (exact) mass is 523 g/mol. The molecule has 3 rings (SSSR count). The van der Waals surface area contributed by atoms with Crippen LogP contribution in [0.1, 0.15) is 93.5 Å². The van der Waals surface area contributed by atoms with Gasteiger partial charge in [0.2, 0.25) is 0 Å². The van der Waals surface area contributed by atoms with Crippen molar-refractivity contribution in [1.82, 2.24) is 0 Å². The van der Waals surface area contributed by atoms with Gasteiger partial charge in [0.05, 0.1) is 4.90 Å². The van der Waals surface area contributed by atoms with Crippen LogP contribution in [0.4, 0.5) is 0 Å². The van der Waals surface area contributed by atoms with E-state index in [1.165, 1.54) is 86.7 Å². The van der Waals surface area contributed by atoms with E-state index >= 15 is 0 Å². The van der Waals surface area contributed by atoms with E-state index in [0.717, 1.165) is 24.9 Å². The molecule has 0 spiro atoms. The molecule has 0 amide bonds. The highest BCUT2D eigenvalue weighted by Crippen LogP contribution is 2.14. The average Bonchev–Trinajstić information content (AvgIpc) is 2.88. The van der Waals surface area contributed by atoms with Gasteiger partial charge in [-0.25, -0.2) is 8.42 Å². The van der Waals surface area contributed by atoms with Crippen LogP contribution in [0.5, 0.6) is 0 Å². The van der Waals surface area contributed by atoms with Crippen LogP contribution < -0.4 is 4.57 Å². The van der Waals surface area contributed by atoms with Gasteiger partial charge in [-0.1, -0.05) is 113 Å². The number of aromatic nitrogens is 1. The molecule has 0 unspecified atom stereocenters. The van der Waals surface area contributed by atoms with Gasteiger partial charge in [0.1, 0.15) is 10.1 Å². The average molecular weight is 524 g/mol. The van der Waals surface area contributed by atoms with Gasteiger partial charge in [-0.05, 0) is 37.5 Å². The van der Waals surface area contributed by atoms with Gasteiger partial charge in [0, 0.05) is 24.6 Å². The predicted molar refractivity (Wildman–Crippen MR) is 152 cm³/mol. The minimum Gasteiger partial charge on any atom is -0.744 e. The molecule has 0 atom stereocenters. The molecule has 1 heterocycles. The largest absolute Gasteiger partial charge is 0.744 e. The smallest absolute Gasteiger partial charge is 0.178 e. The molecule has 3 aromatic rings. The fourth-order valence-corrected chi connectivity index (χ4v) is 4.74. The molecule has 5 heteroatoms. The number of rotatable bonds is 14. The Balaban J connectivity index is 0.000000278. The minimum absolute atomic E-state index is 0.140. The van der Waals surface area contributed by atoms with Crippen molar-refractivity contribution in [1.29, 1.82) is 0 Å². The van der Waals surface area contributed by atoms with Crippen LogP contribution in [-0.4, -0.2) is 13.0 Å². The molecule has 2 aromatic carbocycles. The van der Waals surface area contributed by atoms with Crippen molar-refractivity contribution in [2.45, 2.75) is 103 Å². The third-order valence-corrected chi connectivity index (χ3v) is 7.52. The van der Waals surface area contributed by atoms with E-state index in [4.69, 9.17) is 0 Å². The predicted octanol–water partition coefficient (Wildman–Crippen LogP) is 7.69. The quantitative estimate of drug-likeness (QED) is 0.124. The van der Waals surface area contributed by atoms with E-state index in [9.17, 15) is 13.0 Å². The summed E-state index contributed by atoms with van der Waals surface area (Å²) >= 11 is 0. The third kappa shape index (κ3) is 13.0. The topological polar surface area (TPSA) is 61.1 Å². The molecule has 1 aromatic heterocycles. The van der Waals surface area contributed by atoms with Gasteiger partial charge >= 0.3 is 0 Å². The van der Waals surface area contributed by atoms with E-state index < -0.39 is 10.1 Å². The summed E-state index contributed by atoms with van der Waals surface area (Å²) < 4.78 is 34.8. The molecular formula is C32H45NO3S. The fraction of sp³-hybridized carbons (Fsp3) is 0.469. The molecular weight excluding hydrogens is 478 g/mol. The highest BCUT2D eigenvalue weighted by atomic mass is 32.2. The molecule has 0 saturated heterocycles. The Morgan fingerprint density at radius 1 is 0.676 bits per heavy atom. The number of aryl methyl sites for hydroxylation is 3. The third-order valence-electron chi connectivity index (χ3n) is 6.67. The second kappa shape index (κ2) is 17.1. The van der Waals surface area contributed by atoms with Crippen LogP contribution in [0.25, 0.3) is 0 Å². The molecule has 0 aliphatic carbocycles. The van der Waals surface area contributed by atoms with E-state index in [1.807, 2.05) is 0 Å². The summed E-state index contributed by atoms with van der Waals surface area (Å²) in [5.74, 6) is 0. The number of pyridine rings is 1. The molecule has 0 bridgehead atoms. The number of benzene rings is 2. The first-order valence-electron chi connectivity index (χ1n) is 13.8. The lowest BCUT2D eigenvalue weighted by Gasteiger charge is -2.08. The minimum atomic E-state index is -4.31. The van der Waals surface area contributed by atoms with E-state index in [0.29, 0.717) is 0 Å². The summed E-state index contributed by atoms with van der Waals surface area (Å²) in [6.45, 7) is 7.44. The van der Waals surface area contributed by atoms with E-state index in [2.05, 4.69) is 74.0 Å². The van der Waals surface area contributed by atoms with E-state index in [-0.39, 0.29) is 4.90 Å². The lowest BCUT2D eigenvalue weighted by Crippen LogP contribution is -2.36. The highest BCUT2D eigenvalue weighted by Gasteiger charge is 2.05. The molecule has 0 saturated carbocycles. The summed E-state index contributed by atoms with van der Waals surface area (Å²) in [6, 6.07) is 21.3. The van der Waals surface area contributed by atoms with E-state index in [1.54, 1.807) is 12.1 Å². The van der Waals surface area contributed by atoms with Crippen LogP contribution in [0.2, 0.25) is 0 Å². The zero-order valence-corrected chi connectivity index (χ0v) is 23.8. The van der Waals surface area contributed by atoms with Crippen molar-refractivity contribution in [2.75, 3.05) is 0 Å². The molecule has 0 radical (unpaired) electrons. The standard InChI is InChI=1S/C18H30O3S.C14H16N/c1-2-3-4-5-6-7-8-9-10-11-12-17-13-15-18(16-14-17)22(19,20)21;1-12-6-8-14(9-7-12)11-15-10-4-3-5-13(15)2/h13-16H,2-12H2,1H3,(H,19,20,21);3-10H,11H2,1-2H3/q;+1/p-1. The maximum Gasteiger partial charge on any atom is 0.178 e. The normalized spacial score (nSPS) is 11.1. The maximum absolute atomic E-state index is 10.8. The van der Waals surface area contributed by atoms with Crippen molar-refractivity contribution < 1.29 is 17.5 Å². The van der Waals surface area contributed by atoms with Gasteiger partial charge in [0.15, 0.2) is 18.4 Å². The van der Waals surface area contributed by atoms with Gasteiger partial charge < -0.3 is 4.55 Å². The van der Waals surface area contributed by atoms with Crippen molar-refractivity contribution >= 4 is 10.1 Å². The summed E-state index contributed by atoms with van der Waals surface area (Å²) in [6.07, 6.45) is 16.2. The van der Waals surface area contributed by atoms with Crippen molar-refractivity contribution in [3.63, 3.8) is 0 Å². The van der Waals surface area contributed by atoms with Crippen LogP contribution in [0.3, 0.4) is 0 Å². The Kier molecular flexibility index (Phi) is 14.2. The molecule has 0 aliphatic heterocycles. The Labute approximate surface area is 225 Å². The van der Waals surface area contributed by atoms with Crippen LogP contribution in [0, 0.1) is 13.8 Å². The summed E-state index contributed by atoms with van der Waals surface area (Å²) in [7, 11) is -4.31. The van der Waals surface area contributed by atoms with Crippen molar-refractivity contribution in [3.8, 4) is 0 Å². The van der Waals surface area contributed by atoms with Gasteiger partial charge in [0.25, 0.3) is 0 Å². The first-order chi connectivity index (χ1) is 17.8. The molecule has 0 N–H and O–H groups in total. The Morgan fingerprint density at radius 2 is 1.22 bits per heavy atom. The first kappa shape index (κ1) is 30.7. The zero-order valence-electron chi connectivity index (χ0n) is 23.0. The van der Waals surface area contributed by atoms with Crippen molar-refractivity contribution in [2.24, 2.45) is 0 Å². The number of unbranched alkanes of at least 4 members (excludes halogenated alkanes) is 9. The lowest BCUT2D eigenvalue weighted by atomic mass is 10.0. The molecule has 202 valence electrons. The van der Waals surface area contributed by atoms with Gasteiger partial charge in [-0.15, -0.1) is 0 Å². The Hall–Kier alpha value is -2.50. The van der Waals surface area contributed by atoms with Gasteiger partial charge in [-0.3, -0.25) is 0 Å². The Morgan fingerprint density at radius 3 is 1.76 bits per heavy atom. The van der Waals surface area contributed by atoms with Crippen LogP contribution in [-0.2, 0) is 23.1 Å². The highest BCUT2D eigenvalue weighted by molar-refractivity contribution is 7.85. The number of hydrogen-bond donors (Lipinski definition) is 0. The molecule has 37 heavy (non-hydrogen) atoms. The van der Waals surface area contributed by atoms with Crippen LogP contribution in [0.15, 0.2) is 77.8 Å². The van der Waals surface area contributed by atoms with Gasteiger partial charge in [-0.2, -0.15) is 4.57 Å². The molecule has 4 nitrogen and oxygen atoms in total. The second-order valence-electron chi connectivity index (χ2n) is 9.99. The summed E-state index contributed by atoms with van der Waals surface area (Å²) in [4.78, 5) is -0.140. The number of hydrogen-bond acceptors (Lipinski definition) is 3. The van der Waals surface area contributed by atoms with Crippen molar-refractivity contribution in [3.05, 3.63) is 95.3 Å². The molecule has 0 aliphatic rings.